The van der Waals surface area contributed by atoms with E-state index < -0.39 is 12.2 Å². The summed E-state index contributed by atoms with van der Waals surface area (Å²) in [6.07, 6.45) is 8.85. The Hall–Kier alpha value is -1.18. The van der Waals surface area contributed by atoms with Crippen molar-refractivity contribution in [2.75, 3.05) is 32.7 Å². The minimum Gasteiger partial charge on any atom is -0.388 e. The third kappa shape index (κ3) is 5.25. The van der Waals surface area contributed by atoms with Gasteiger partial charge in [0, 0.05) is 38.0 Å². The van der Waals surface area contributed by atoms with Crippen LogP contribution in [0.5, 0.6) is 0 Å². The van der Waals surface area contributed by atoms with E-state index in [9.17, 15) is 19.8 Å². The van der Waals surface area contributed by atoms with Gasteiger partial charge in [-0.25, -0.2) is 0 Å². The fraction of sp³-hybridized carbons (Fsp3) is 0.917. The maximum absolute atomic E-state index is 13.2. The van der Waals surface area contributed by atoms with Gasteiger partial charge in [0.05, 0.1) is 12.2 Å². The number of hydrogen-bond donors (Lipinski definition) is 3. The number of nitrogens with two attached hydrogens (primary N) is 1. The highest BCUT2D eigenvalue weighted by Gasteiger charge is 2.40. The summed E-state index contributed by atoms with van der Waals surface area (Å²) in [7, 11) is 0. The van der Waals surface area contributed by atoms with Crippen molar-refractivity contribution in [2.24, 2.45) is 35.3 Å². The minimum absolute atomic E-state index is 0.00133. The van der Waals surface area contributed by atoms with Gasteiger partial charge in [-0.15, -0.1) is 0 Å². The van der Waals surface area contributed by atoms with Gasteiger partial charge in [0.25, 0.3) is 0 Å². The number of aliphatic hydroxyl groups is 2. The van der Waals surface area contributed by atoms with Crippen molar-refractivity contribution in [3.8, 4) is 0 Å². The highest BCUT2D eigenvalue weighted by molar-refractivity contribution is 5.83. The summed E-state index contributed by atoms with van der Waals surface area (Å²) in [4.78, 5) is 29.7. The summed E-state index contributed by atoms with van der Waals surface area (Å²) in [6, 6.07) is 0. The standard InChI is InChI=1S/C24H41N3O4/c25-13-16-3-1-4-18(11-16)17-7-9-26(10-8-17)23(30)19-5-2-6-20(12-19)24(31)27-14-21(28)22(29)15-27/h16-22,28-29H,1-15,25H2/t16?,18?,19?,20?,21-,22+. The van der Waals surface area contributed by atoms with E-state index in [1.807, 2.05) is 0 Å². The zero-order chi connectivity index (χ0) is 22.0. The topological polar surface area (TPSA) is 107 Å². The molecule has 0 aromatic rings. The minimum atomic E-state index is -0.851. The first-order valence-corrected chi connectivity index (χ1v) is 12.6. The molecule has 6 atom stereocenters. The molecule has 2 heterocycles. The molecule has 4 rings (SSSR count). The van der Waals surface area contributed by atoms with Crippen LogP contribution < -0.4 is 5.73 Å². The van der Waals surface area contributed by atoms with Crippen molar-refractivity contribution in [2.45, 2.75) is 76.4 Å². The fourth-order valence-corrected chi connectivity index (χ4v) is 6.67. The summed E-state index contributed by atoms with van der Waals surface area (Å²) in [6.45, 7) is 2.92. The van der Waals surface area contributed by atoms with E-state index in [2.05, 4.69) is 4.90 Å². The van der Waals surface area contributed by atoms with E-state index in [0.29, 0.717) is 12.3 Å². The summed E-state index contributed by atoms with van der Waals surface area (Å²) in [5, 5.41) is 19.5. The molecule has 2 amide bonds. The quantitative estimate of drug-likeness (QED) is 0.618. The molecule has 31 heavy (non-hydrogen) atoms. The largest absolute Gasteiger partial charge is 0.388 e. The van der Waals surface area contributed by atoms with Crippen LogP contribution in [0.4, 0.5) is 0 Å². The molecule has 0 bridgehead atoms. The molecule has 2 saturated carbocycles. The molecule has 2 aliphatic heterocycles. The van der Waals surface area contributed by atoms with Crippen molar-refractivity contribution < 1.29 is 19.8 Å². The van der Waals surface area contributed by atoms with Gasteiger partial charge >= 0.3 is 0 Å². The molecule has 7 heteroatoms. The molecule has 2 saturated heterocycles. The van der Waals surface area contributed by atoms with E-state index >= 15 is 0 Å². The number of rotatable bonds is 4. The van der Waals surface area contributed by atoms with Gasteiger partial charge in [0.2, 0.25) is 11.8 Å². The monoisotopic (exact) mass is 435 g/mol. The Balaban J connectivity index is 1.26. The van der Waals surface area contributed by atoms with Gasteiger partial charge in [-0.05, 0) is 69.2 Å². The smallest absolute Gasteiger partial charge is 0.225 e. The number of nitrogens with zero attached hydrogens (tertiary/aromatic N) is 2. The average Bonchev–Trinajstić information content (AvgIpc) is 3.16. The number of carbonyl (C=O) groups is 2. The average molecular weight is 436 g/mol. The Labute approximate surface area is 186 Å². The molecule has 2 aliphatic carbocycles. The van der Waals surface area contributed by atoms with E-state index in [1.54, 1.807) is 4.90 Å². The van der Waals surface area contributed by atoms with E-state index in [4.69, 9.17) is 5.73 Å². The Morgan fingerprint density at radius 3 is 1.94 bits per heavy atom. The molecule has 176 valence electrons. The number of hydrogen-bond acceptors (Lipinski definition) is 5. The number of piperidine rings is 1. The number of aliphatic hydroxyl groups excluding tert-OH is 2. The van der Waals surface area contributed by atoms with E-state index in [0.717, 1.165) is 63.6 Å². The zero-order valence-electron chi connectivity index (χ0n) is 18.8. The van der Waals surface area contributed by atoms with Crippen LogP contribution in [0.2, 0.25) is 0 Å². The van der Waals surface area contributed by atoms with Crippen LogP contribution in [0.1, 0.15) is 64.2 Å². The van der Waals surface area contributed by atoms with Crippen molar-refractivity contribution in [3.05, 3.63) is 0 Å². The number of amides is 2. The van der Waals surface area contributed by atoms with E-state index in [1.165, 1.54) is 25.7 Å². The summed E-state index contributed by atoms with van der Waals surface area (Å²) in [5.74, 6) is 2.21. The van der Waals surface area contributed by atoms with Gasteiger partial charge in [-0.1, -0.05) is 19.3 Å². The Morgan fingerprint density at radius 2 is 1.32 bits per heavy atom. The first-order chi connectivity index (χ1) is 15.0. The summed E-state index contributed by atoms with van der Waals surface area (Å²) in [5.41, 5.74) is 5.92. The third-order valence-corrected chi connectivity index (χ3v) is 8.62. The number of likely N-dealkylation sites (tertiary alicyclic amines) is 2. The fourth-order valence-electron chi connectivity index (χ4n) is 6.67. The Kier molecular flexibility index (Phi) is 7.55. The lowest BCUT2D eigenvalue weighted by molar-refractivity contribution is -0.142. The molecular formula is C24H41N3O4. The molecular weight excluding hydrogens is 394 g/mol. The van der Waals surface area contributed by atoms with Gasteiger partial charge in [0.1, 0.15) is 0 Å². The lowest BCUT2D eigenvalue weighted by Crippen LogP contribution is -2.45. The lowest BCUT2D eigenvalue weighted by atomic mass is 9.72. The molecule has 0 aromatic carbocycles. The van der Waals surface area contributed by atoms with Crippen molar-refractivity contribution >= 4 is 11.8 Å². The van der Waals surface area contributed by atoms with Crippen molar-refractivity contribution in [1.82, 2.24) is 9.80 Å². The van der Waals surface area contributed by atoms with Crippen LogP contribution in [0, 0.1) is 29.6 Å². The first kappa shape index (κ1) is 23.0. The second-order valence-electron chi connectivity index (χ2n) is 10.6. The first-order valence-electron chi connectivity index (χ1n) is 12.6. The molecule has 4 N–H and O–H groups in total. The molecule has 7 nitrogen and oxygen atoms in total. The maximum atomic E-state index is 13.2. The van der Waals surface area contributed by atoms with Crippen LogP contribution in [0.25, 0.3) is 0 Å². The predicted octanol–water partition coefficient (Wildman–Crippen LogP) is 1.36. The van der Waals surface area contributed by atoms with Crippen LogP contribution in [-0.4, -0.2) is 76.8 Å². The van der Waals surface area contributed by atoms with Crippen LogP contribution in [0.3, 0.4) is 0 Å². The lowest BCUT2D eigenvalue weighted by Gasteiger charge is -2.41. The van der Waals surface area contributed by atoms with Crippen molar-refractivity contribution in [3.63, 3.8) is 0 Å². The van der Waals surface area contributed by atoms with Crippen LogP contribution in [-0.2, 0) is 9.59 Å². The number of β-amino-alcohol motifs (C(OH)–C–C–N with tert-alkyl or cyclic N) is 2. The summed E-state index contributed by atoms with van der Waals surface area (Å²) >= 11 is 0. The van der Waals surface area contributed by atoms with Gasteiger partial charge in [-0.3, -0.25) is 9.59 Å². The van der Waals surface area contributed by atoms with Crippen LogP contribution in [0.15, 0.2) is 0 Å². The van der Waals surface area contributed by atoms with Crippen LogP contribution >= 0.6 is 0 Å². The molecule has 4 aliphatic rings. The third-order valence-electron chi connectivity index (χ3n) is 8.62. The number of carbonyl (C=O) groups excluding carboxylic acids is 2. The highest BCUT2D eigenvalue weighted by atomic mass is 16.3. The zero-order valence-corrected chi connectivity index (χ0v) is 18.8. The molecule has 0 radical (unpaired) electrons. The Morgan fingerprint density at radius 1 is 0.742 bits per heavy atom. The molecule has 4 unspecified atom stereocenters. The second-order valence-corrected chi connectivity index (χ2v) is 10.6. The van der Waals surface area contributed by atoms with Gasteiger partial charge < -0.3 is 25.7 Å². The SMILES string of the molecule is NCC1CCCC(C2CCN(C(=O)C3CCCC(C(=O)N4C[C@@H](O)[C@@H](O)C4)C3)CC2)C1. The summed E-state index contributed by atoms with van der Waals surface area (Å²) < 4.78 is 0. The predicted molar refractivity (Wildman–Crippen MR) is 118 cm³/mol. The highest BCUT2D eigenvalue weighted by Crippen LogP contribution is 2.39. The molecule has 0 spiro atoms. The van der Waals surface area contributed by atoms with E-state index in [-0.39, 0.29) is 36.7 Å². The second kappa shape index (κ2) is 10.2. The maximum Gasteiger partial charge on any atom is 0.225 e. The van der Waals surface area contributed by atoms with Gasteiger partial charge in [-0.2, -0.15) is 0 Å². The van der Waals surface area contributed by atoms with Gasteiger partial charge in [0.15, 0.2) is 0 Å². The molecule has 0 aromatic heterocycles. The molecule has 4 fully saturated rings. The Bertz CT molecular complexity index is 626. The normalized spacial score (nSPS) is 37.8. The van der Waals surface area contributed by atoms with Crippen molar-refractivity contribution in [1.29, 1.82) is 0 Å².